The van der Waals surface area contributed by atoms with Crippen molar-refractivity contribution in [1.29, 1.82) is 0 Å². The van der Waals surface area contributed by atoms with Crippen LogP contribution in [0, 0.1) is 0 Å². The predicted molar refractivity (Wildman–Crippen MR) is 135 cm³/mol. The highest BCUT2D eigenvalue weighted by atomic mass is 16.2. The van der Waals surface area contributed by atoms with Crippen LogP contribution in [-0.2, 0) is 12.5 Å². The summed E-state index contributed by atoms with van der Waals surface area (Å²) >= 11 is 0. The minimum absolute atomic E-state index is 0.0382. The Morgan fingerprint density at radius 3 is 2.36 bits per heavy atom. The fourth-order valence-corrected chi connectivity index (χ4v) is 4.50. The number of amides is 1. The van der Waals surface area contributed by atoms with Gasteiger partial charge in [-0.1, -0.05) is 39.0 Å². The molecule has 0 atom stereocenters. The van der Waals surface area contributed by atoms with Crippen molar-refractivity contribution < 1.29 is 4.79 Å². The molecule has 0 unspecified atom stereocenters. The number of fused-ring (bicyclic) bond motifs is 1. The Kier molecular flexibility index (Phi) is 6.32. The van der Waals surface area contributed by atoms with Gasteiger partial charge in [-0.25, -0.2) is 4.98 Å². The third kappa shape index (κ3) is 5.13. The van der Waals surface area contributed by atoms with Gasteiger partial charge in [-0.3, -0.25) is 9.48 Å². The molecule has 0 bridgehead atoms. The first-order valence-corrected chi connectivity index (χ1v) is 11.8. The number of hydrogen-bond acceptors (Lipinski definition) is 5. The molecule has 1 aromatic carbocycles. The first kappa shape index (κ1) is 23.1. The zero-order valence-electron chi connectivity index (χ0n) is 20.6. The van der Waals surface area contributed by atoms with Crippen molar-refractivity contribution in [2.24, 2.45) is 7.05 Å². The molecule has 7 heteroatoms. The predicted octanol–water partition coefficient (Wildman–Crippen LogP) is 4.48. The highest BCUT2D eigenvalue weighted by Gasteiger charge is 2.26. The average molecular weight is 449 g/mol. The third-order valence-corrected chi connectivity index (χ3v) is 6.47. The van der Waals surface area contributed by atoms with Crippen molar-refractivity contribution in [1.82, 2.24) is 20.1 Å². The van der Waals surface area contributed by atoms with E-state index in [0.29, 0.717) is 11.7 Å². The van der Waals surface area contributed by atoms with Gasteiger partial charge in [-0.05, 0) is 37.8 Å². The number of anilines is 2. The van der Waals surface area contributed by atoms with Gasteiger partial charge in [0.25, 0.3) is 5.91 Å². The SMILES string of the molecule is CN(C)c1cc(N[C@H]2CC[C@@H](NC(=O)c3cc(C(C)(C)C)nn3C)CC2)nc2ccccc12. The summed E-state index contributed by atoms with van der Waals surface area (Å²) in [6, 6.07) is 12.8. The molecule has 2 N–H and O–H groups in total. The van der Waals surface area contributed by atoms with Crippen molar-refractivity contribution in [3.05, 3.63) is 47.8 Å². The maximum absolute atomic E-state index is 12.9. The Bertz CT molecular complexity index is 1140. The van der Waals surface area contributed by atoms with Gasteiger partial charge in [0.1, 0.15) is 11.5 Å². The quantitative estimate of drug-likeness (QED) is 0.602. The summed E-state index contributed by atoms with van der Waals surface area (Å²) in [5.41, 5.74) is 3.64. The van der Waals surface area contributed by atoms with E-state index in [1.165, 1.54) is 0 Å². The topological polar surface area (TPSA) is 75.1 Å². The van der Waals surface area contributed by atoms with Gasteiger partial charge in [-0.2, -0.15) is 5.10 Å². The van der Waals surface area contributed by atoms with Crippen LogP contribution >= 0.6 is 0 Å². The molecule has 1 saturated carbocycles. The maximum atomic E-state index is 12.9. The molecule has 0 aliphatic heterocycles. The summed E-state index contributed by atoms with van der Waals surface area (Å²) in [5.74, 6) is 0.873. The van der Waals surface area contributed by atoms with Crippen LogP contribution in [0.25, 0.3) is 10.9 Å². The molecule has 1 aliphatic carbocycles. The lowest BCUT2D eigenvalue weighted by Crippen LogP contribution is -2.40. The lowest BCUT2D eigenvalue weighted by atomic mass is 9.90. The van der Waals surface area contributed by atoms with Gasteiger partial charge in [0.15, 0.2) is 0 Å². The van der Waals surface area contributed by atoms with Crippen molar-refractivity contribution in [3.63, 3.8) is 0 Å². The van der Waals surface area contributed by atoms with E-state index in [4.69, 9.17) is 4.98 Å². The molecule has 3 aromatic rings. The fourth-order valence-electron chi connectivity index (χ4n) is 4.50. The molecule has 7 nitrogen and oxygen atoms in total. The minimum atomic E-state index is -0.0801. The fraction of sp³-hybridized carbons (Fsp3) is 0.500. The highest BCUT2D eigenvalue weighted by Crippen LogP contribution is 2.29. The summed E-state index contributed by atoms with van der Waals surface area (Å²) < 4.78 is 1.69. The van der Waals surface area contributed by atoms with Crippen LogP contribution in [0.1, 0.15) is 62.6 Å². The molecule has 2 aromatic heterocycles. The first-order chi connectivity index (χ1) is 15.6. The minimum Gasteiger partial charge on any atom is -0.377 e. The second-order valence-electron chi connectivity index (χ2n) is 10.4. The summed E-state index contributed by atoms with van der Waals surface area (Å²) in [5, 5.41) is 12.5. The van der Waals surface area contributed by atoms with Crippen molar-refractivity contribution in [2.75, 3.05) is 24.3 Å². The molecule has 0 radical (unpaired) electrons. The van der Waals surface area contributed by atoms with Crippen LogP contribution in [0.2, 0.25) is 0 Å². The third-order valence-electron chi connectivity index (χ3n) is 6.47. The average Bonchev–Trinajstić information content (AvgIpc) is 3.17. The lowest BCUT2D eigenvalue weighted by molar-refractivity contribution is 0.0917. The largest absolute Gasteiger partial charge is 0.377 e. The molecule has 176 valence electrons. The normalized spacial score (nSPS) is 18.8. The number of rotatable bonds is 5. The second-order valence-corrected chi connectivity index (χ2v) is 10.4. The van der Waals surface area contributed by atoms with Crippen LogP contribution in [0.3, 0.4) is 0 Å². The van der Waals surface area contributed by atoms with Crippen LogP contribution in [-0.4, -0.2) is 46.9 Å². The van der Waals surface area contributed by atoms with Crippen LogP contribution in [0.4, 0.5) is 11.5 Å². The molecule has 0 spiro atoms. The van der Waals surface area contributed by atoms with Gasteiger partial charge in [-0.15, -0.1) is 0 Å². The van der Waals surface area contributed by atoms with Gasteiger partial charge in [0.05, 0.1) is 11.2 Å². The molecule has 33 heavy (non-hydrogen) atoms. The van der Waals surface area contributed by atoms with E-state index in [9.17, 15) is 4.79 Å². The van der Waals surface area contributed by atoms with E-state index in [1.807, 2.05) is 19.2 Å². The number of aromatic nitrogens is 3. The Morgan fingerprint density at radius 2 is 1.73 bits per heavy atom. The number of pyridine rings is 1. The smallest absolute Gasteiger partial charge is 0.269 e. The summed E-state index contributed by atoms with van der Waals surface area (Å²) in [6.45, 7) is 6.32. The highest BCUT2D eigenvalue weighted by molar-refractivity contribution is 5.93. The number of nitrogens with zero attached hydrogens (tertiary/aromatic N) is 4. The number of benzene rings is 1. The van der Waals surface area contributed by atoms with E-state index in [-0.39, 0.29) is 17.4 Å². The molecule has 1 aliphatic rings. The van der Waals surface area contributed by atoms with E-state index in [0.717, 1.165) is 53.8 Å². The molecule has 1 amide bonds. The molecule has 4 rings (SSSR count). The number of carbonyl (C=O) groups excluding carboxylic acids is 1. The maximum Gasteiger partial charge on any atom is 0.269 e. The Hall–Kier alpha value is -3.09. The number of nitrogens with one attached hydrogen (secondary N) is 2. The van der Waals surface area contributed by atoms with E-state index in [1.54, 1.807) is 4.68 Å². The van der Waals surface area contributed by atoms with E-state index in [2.05, 4.69) is 79.8 Å². The lowest BCUT2D eigenvalue weighted by Gasteiger charge is -2.30. The number of para-hydroxylation sites is 1. The Morgan fingerprint density at radius 1 is 1.06 bits per heavy atom. The van der Waals surface area contributed by atoms with Crippen molar-refractivity contribution in [3.8, 4) is 0 Å². The van der Waals surface area contributed by atoms with Crippen LogP contribution in [0.15, 0.2) is 36.4 Å². The van der Waals surface area contributed by atoms with Crippen molar-refractivity contribution >= 4 is 28.3 Å². The molecule has 1 fully saturated rings. The summed E-state index contributed by atoms with van der Waals surface area (Å²) in [4.78, 5) is 19.8. The van der Waals surface area contributed by atoms with Crippen LogP contribution in [0.5, 0.6) is 0 Å². The number of aryl methyl sites for hydroxylation is 1. The zero-order chi connectivity index (χ0) is 23.8. The van der Waals surface area contributed by atoms with Gasteiger partial charge >= 0.3 is 0 Å². The molecular weight excluding hydrogens is 412 g/mol. The van der Waals surface area contributed by atoms with Gasteiger partial charge in [0.2, 0.25) is 0 Å². The zero-order valence-corrected chi connectivity index (χ0v) is 20.6. The standard InChI is InChI=1S/C26H36N6O/c1-26(2,3)23-15-22(32(6)30-23)25(33)28-18-13-11-17(12-14-18)27-24-16-21(31(4)5)19-9-7-8-10-20(19)29-24/h7-10,15-18H,11-14H2,1-6H3,(H,27,29)(H,28,33)/t17-,18+. The Balaban J connectivity index is 1.37. The van der Waals surface area contributed by atoms with Gasteiger partial charge in [0, 0.05) is 55.8 Å². The monoisotopic (exact) mass is 448 g/mol. The molecule has 2 heterocycles. The first-order valence-electron chi connectivity index (χ1n) is 11.8. The molecule has 0 saturated heterocycles. The Labute approximate surface area is 196 Å². The summed E-state index contributed by atoms with van der Waals surface area (Å²) in [7, 11) is 5.96. The van der Waals surface area contributed by atoms with Crippen molar-refractivity contribution in [2.45, 2.75) is 64.0 Å². The van der Waals surface area contributed by atoms with Crippen LogP contribution < -0.4 is 15.5 Å². The number of hydrogen-bond donors (Lipinski definition) is 2. The molecular formula is C26H36N6O. The second kappa shape index (κ2) is 9.04. The van der Waals surface area contributed by atoms with E-state index < -0.39 is 0 Å². The summed E-state index contributed by atoms with van der Waals surface area (Å²) in [6.07, 6.45) is 3.88. The van der Waals surface area contributed by atoms with E-state index >= 15 is 0 Å². The van der Waals surface area contributed by atoms with Gasteiger partial charge < -0.3 is 15.5 Å². The number of carbonyl (C=O) groups is 1.